The van der Waals surface area contributed by atoms with Gasteiger partial charge in [-0.3, -0.25) is 9.69 Å². The molecule has 2 aromatic carbocycles. The van der Waals surface area contributed by atoms with Gasteiger partial charge in [-0.15, -0.1) is 5.10 Å². The number of tetrazole rings is 1. The summed E-state index contributed by atoms with van der Waals surface area (Å²) in [6.45, 7) is 5.75. The third-order valence-corrected chi connectivity index (χ3v) is 7.73. The fourth-order valence-corrected chi connectivity index (χ4v) is 5.82. The van der Waals surface area contributed by atoms with Crippen molar-refractivity contribution in [3.8, 4) is 0 Å². The van der Waals surface area contributed by atoms with Gasteiger partial charge < -0.3 is 4.98 Å². The number of rotatable bonds is 4. The number of aromatic amines is 1. The predicted octanol–water partition coefficient (Wildman–Crippen LogP) is 4.39. The molecule has 7 nitrogen and oxygen atoms in total. The zero-order chi connectivity index (χ0) is 23.2. The Morgan fingerprint density at radius 2 is 1.79 bits per heavy atom. The maximum atomic E-state index is 13.6. The van der Waals surface area contributed by atoms with Crippen molar-refractivity contribution in [1.82, 2.24) is 30.1 Å². The van der Waals surface area contributed by atoms with Crippen molar-refractivity contribution in [3.05, 3.63) is 86.5 Å². The Balaban J connectivity index is 1.53. The average molecular weight is 455 g/mol. The number of hydrogen-bond acceptors (Lipinski definition) is 5. The van der Waals surface area contributed by atoms with Gasteiger partial charge in [0, 0.05) is 24.0 Å². The van der Waals surface area contributed by atoms with Crippen molar-refractivity contribution in [2.45, 2.75) is 64.6 Å². The largest absolute Gasteiger partial charge is 0.321 e. The summed E-state index contributed by atoms with van der Waals surface area (Å²) in [4.78, 5) is 19.2. The van der Waals surface area contributed by atoms with Crippen molar-refractivity contribution < 1.29 is 0 Å². The number of benzene rings is 2. The molecule has 2 aliphatic rings. The molecule has 0 unspecified atom stereocenters. The molecule has 0 saturated heterocycles. The molecule has 0 bridgehead atoms. The van der Waals surface area contributed by atoms with Gasteiger partial charge in [0.2, 0.25) is 0 Å². The van der Waals surface area contributed by atoms with Crippen LogP contribution in [0.1, 0.15) is 71.4 Å². The van der Waals surface area contributed by atoms with Crippen LogP contribution in [0, 0.1) is 13.8 Å². The molecule has 0 amide bonds. The molecule has 7 heteroatoms. The number of H-pyrrole nitrogens is 1. The second-order valence-corrected chi connectivity index (χ2v) is 9.85. The first kappa shape index (κ1) is 21.2. The van der Waals surface area contributed by atoms with Crippen LogP contribution >= 0.6 is 0 Å². The van der Waals surface area contributed by atoms with Crippen LogP contribution in [0.15, 0.2) is 47.3 Å². The SMILES string of the molecule is Cc1ccc(C)c2[nH]c(=O)c([C@@H](c3nnnn3C3CCCC3)N3CCc4ccccc4C3)cc12. The van der Waals surface area contributed by atoms with E-state index in [0.29, 0.717) is 6.04 Å². The molecule has 1 aliphatic heterocycles. The highest BCUT2D eigenvalue weighted by Crippen LogP contribution is 2.36. The highest BCUT2D eigenvalue weighted by molar-refractivity contribution is 5.85. The van der Waals surface area contributed by atoms with Crippen LogP contribution in [-0.2, 0) is 13.0 Å². The molecule has 1 saturated carbocycles. The summed E-state index contributed by atoms with van der Waals surface area (Å²) >= 11 is 0. The quantitative estimate of drug-likeness (QED) is 0.495. The van der Waals surface area contributed by atoms with Crippen LogP contribution in [0.25, 0.3) is 10.9 Å². The molecule has 3 heterocycles. The molecule has 4 aromatic rings. The molecular weight excluding hydrogens is 424 g/mol. The third-order valence-electron chi connectivity index (χ3n) is 7.73. The van der Waals surface area contributed by atoms with Gasteiger partial charge in [0.15, 0.2) is 5.82 Å². The Morgan fingerprint density at radius 3 is 2.62 bits per heavy atom. The minimum Gasteiger partial charge on any atom is -0.321 e. The lowest BCUT2D eigenvalue weighted by molar-refractivity contribution is 0.190. The minimum absolute atomic E-state index is 0.0639. The van der Waals surface area contributed by atoms with E-state index in [-0.39, 0.29) is 11.6 Å². The van der Waals surface area contributed by atoms with E-state index in [0.717, 1.165) is 65.8 Å². The number of aryl methyl sites for hydroxylation is 2. The molecule has 1 aliphatic carbocycles. The summed E-state index contributed by atoms with van der Waals surface area (Å²) in [5.41, 5.74) is 6.47. The molecule has 2 aromatic heterocycles. The lowest BCUT2D eigenvalue weighted by Crippen LogP contribution is -2.39. The Morgan fingerprint density at radius 1 is 1.03 bits per heavy atom. The second kappa shape index (κ2) is 8.47. The van der Waals surface area contributed by atoms with Crippen molar-refractivity contribution in [3.63, 3.8) is 0 Å². The lowest BCUT2D eigenvalue weighted by atomic mass is 9.95. The standard InChI is InChI=1S/C27H30N6O/c1-17-11-12-18(2)24-22(17)15-23(27(34)28-24)25(26-29-30-31-33(26)21-9-5-6-10-21)32-14-13-19-7-3-4-8-20(19)16-32/h3-4,7-8,11-12,15,21,25H,5-6,9-10,13-14,16H2,1-2H3,(H,28,34)/t25-/m0/s1. The van der Waals surface area contributed by atoms with Crippen molar-refractivity contribution in [2.24, 2.45) is 0 Å². The van der Waals surface area contributed by atoms with Crippen molar-refractivity contribution in [2.75, 3.05) is 6.54 Å². The van der Waals surface area contributed by atoms with E-state index >= 15 is 0 Å². The Labute approximate surface area is 198 Å². The molecule has 1 fully saturated rings. The molecule has 6 rings (SSSR count). The average Bonchev–Trinajstić information content (AvgIpc) is 3.55. The summed E-state index contributed by atoms with van der Waals surface area (Å²) < 4.78 is 2.00. The fraction of sp³-hybridized carbons (Fsp3) is 0.407. The molecule has 34 heavy (non-hydrogen) atoms. The molecular formula is C27H30N6O. The molecule has 1 N–H and O–H groups in total. The number of pyridine rings is 1. The van der Waals surface area contributed by atoms with E-state index < -0.39 is 0 Å². The van der Waals surface area contributed by atoms with Crippen molar-refractivity contribution in [1.29, 1.82) is 0 Å². The second-order valence-electron chi connectivity index (χ2n) is 9.85. The van der Waals surface area contributed by atoms with E-state index in [9.17, 15) is 4.79 Å². The fourth-order valence-electron chi connectivity index (χ4n) is 5.82. The van der Waals surface area contributed by atoms with Gasteiger partial charge in [-0.1, -0.05) is 49.2 Å². The van der Waals surface area contributed by atoms with Crippen molar-refractivity contribution >= 4 is 10.9 Å². The zero-order valence-corrected chi connectivity index (χ0v) is 19.8. The summed E-state index contributed by atoms with van der Waals surface area (Å²) in [6.07, 6.45) is 5.50. The Kier molecular flexibility index (Phi) is 5.29. The van der Waals surface area contributed by atoms with E-state index in [1.165, 1.54) is 24.0 Å². The maximum absolute atomic E-state index is 13.6. The van der Waals surface area contributed by atoms with Gasteiger partial charge in [0.25, 0.3) is 5.56 Å². The first-order valence-corrected chi connectivity index (χ1v) is 12.3. The zero-order valence-electron chi connectivity index (χ0n) is 19.8. The summed E-state index contributed by atoms with van der Waals surface area (Å²) in [5, 5.41) is 14.1. The molecule has 174 valence electrons. The van der Waals surface area contributed by atoms with E-state index in [4.69, 9.17) is 0 Å². The number of aromatic nitrogens is 5. The monoisotopic (exact) mass is 454 g/mol. The van der Waals surface area contributed by atoms with Gasteiger partial charge in [-0.25, -0.2) is 4.68 Å². The van der Waals surface area contributed by atoms with Gasteiger partial charge in [0.05, 0.1) is 11.6 Å². The number of nitrogens with one attached hydrogen (secondary N) is 1. The predicted molar refractivity (Wildman–Crippen MR) is 132 cm³/mol. The van der Waals surface area contributed by atoms with Gasteiger partial charge >= 0.3 is 0 Å². The first-order valence-electron chi connectivity index (χ1n) is 12.3. The summed E-state index contributed by atoms with van der Waals surface area (Å²) in [6, 6.07) is 14.8. The Bertz CT molecular complexity index is 1410. The third kappa shape index (κ3) is 3.55. The van der Waals surface area contributed by atoms with Gasteiger partial charge in [-0.2, -0.15) is 0 Å². The van der Waals surface area contributed by atoms with E-state index in [1.807, 2.05) is 11.6 Å². The van der Waals surface area contributed by atoms with Crippen LogP contribution in [0.5, 0.6) is 0 Å². The Hall–Kier alpha value is -3.32. The molecule has 0 spiro atoms. The van der Waals surface area contributed by atoms with Crippen LogP contribution in [0.3, 0.4) is 0 Å². The van der Waals surface area contributed by atoms with Gasteiger partial charge in [0.1, 0.15) is 6.04 Å². The normalized spacial score (nSPS) is 17.8. The van der Waals surface area contributed by atoms with Crippen LogP contribution in [-0.4, -0.2) is 36.6 Å². The molecule has 0 radical (unpaired) electrons. The minimum atomic E-state index is -0.308. The van der Waals surface area contributed by atoms with Crippen LogP contribution in [0.4, 0.5) is 0 Å². The number of hydrogen-bond donors (Lipinski definition) is 1. The highest BCUT2D eigenvalue weighted by Gasteiger charge is 2.34. The first-order chi connectivity index (χ1) is 16.6. The molecule has 1 atom stereocenters. The number of nitrogens with zero attached hydrogens (tertiary/aromatic N) is 5. The maximum Gasteiger partial charge on any atom is 0.253 e. The van der Waals surface area contributed by atoms with Crippen LogP contribution < -0.4 is 5.56 Å². The van der Waals surface area contributed by atoms with E-state index in [1.54, 1.807) is 0 Å². The highest BCUT2D eigenvalue weighted by atomic mass is 16.1. The lowest BCUT2D eigenvalue weighted by Gasteiger charge is -2.35. The summed E-state index contributed by atoms with van der Waals surface area (Å²) in [7, 11) is 0. The number of fused-ring (bicyclic) bond motifs is 2. The van der Waals surface area contributed by atoms with Gasteiger partial charge in [-0.05, 0) is 71.9 Å². The van der Waals surface area contributed by atoms with Crippen LogP contribution in [0.2, 0.25) is 0 Å². The topological polar surface area (TPSA) is 79.7 Å². The smallest absolute Gasteiger partial charge is 0.253 e. The summed E-state index contributed by atoms with van der Waals surface area (Å²) in [5.74, 6) is 0.779. The van der Waals surface area contributed by atoms with E-state index in [2.05, 4.69) is 74.8 Å².